The van der Waals surface area contributed by atoms with Crippen molar-refractivity contribution in [2.45, 2.75) is 44.4 Å². The summed E-state index contributed by atoms with van der Waals surface area (Å²) in [6, 6.07) is 6.41. The van der Waals surface area contributed by atoms with Crippen LogP contribution in [0.1, 0.15) is 49.6 Å². The van der Waals surface area contributed by atoms with Gasteiger partial charge >= 0.3 is 5.97 Å². The molecular weight excluding hydrogens is 422 g/mol. The number of rotatable bonds is 8. The minimum absolute atomic E-state index is 0.186. The molecule has 0 aliphatic carbocycles. The minimum Gasteiger partial charge on any atom is -0.469 e. The van der Waals surface area contributed by atoms with Crippen molar-refractivity contribution < 1.29 is 14.3 Å². The zero-order chi connectivity index (χ0) is 20.1. The molecule has 1 atom stereocenters. The molecule has 1 aliphatic heterocycles. The van der Waals surface area contributed by atoms with Gasteiger partial charge in [-0.25, -0.2) is 4.68 Å². The van der Waals surface area contributed by atoms with Crippen LogP contribution in [0.15, 0.2) is 40.2 Å². The van der Waals surface area contributed by atoms with Crippen LogP contribution in [0, 0.1) is 0 Å². The molecule has 0 bridgehead atoms. The van der Waals surface area contributed by atoms with Gasteiger partial charge in [-0.2, -0.15) is 5.10 Å². The maximum absolute atomic E-state index is 11.7. The highest BCUT2D eigenvalue weighted by molar-refractivity contribution is 9.10. The Bertz CT molecular complexity index is 878. The first-order valence-electron chi connectivity index (χ1n) is 9.48. The lowest BCUT2D eigenvalue weighted by Crippen LogP contribution is -2.38. The molecule has 2 aromatic heterocycles. The maximum atomic E-state index is 11.7. The first-order valence-corrected chi connectivity index (χ1v) is 10.3. The summed E-state index contributed by atoms with van der Waals surface area (Å²) in [7, 11) is 3.12. The number of aromatic nitrogens is 2. The Morgan fingerprint density at radius 2 is 2.14 bits per heavy atom. The van der Waals surface area contributed by atoms with E-state index in [0.717, 1.165) is 46.4 Å². The Kier molecular flexibility index (Phi) is 6.67. The summed E-state index contributed by atoms with van der Waals surface area (Å²) < 4.78 is 13.2. The van der Waals surface area contributed by atoms with Crippen molar-refractivity contribution in [3.05, 3.63) is 52.0 Å². The highest BCUT2D eigenvalue weighted by Gasteiger charge is 2.41. The summed E-state index contributed by atoms with van der Waals surface area (Å²) in [6.07, 6.45) is 7.21. The number of aryl methyl sites for hydroxylation is 1. The Morgan fingerprint density at radius 3 is 2.82 bits per heavy atom. The Hall–Kier alpha value is -1.99. The number of carbonyl (C=O) groups excluding carboxylic acids is 1. The zero-order valence-electron chi connectivity index (χ0n) is 16.6. The molecule has 0 radical (unpaired) electrons. The molecule has 3 heterocycles. The van der Waals surface area contributed by atoms with Gasteiger partial charge in [-0.1, -0.05) is 6.92 Å². The number of halogens is 1. The Balaban J connectivity index is 2.10. The normalized spacial score (nSPS) is 18.5. The third-order valence-electron chi connectivity index (χ3n) is 5.31. The summed E-state index contributed by atoms with van der Waals surface area (Å²) in [4.78, 5) is 16.1. The van der Waals surface area contributed by atoms with E-state index in [1.165, 1.54) is 7.11 Å². The molecule has 0 spiro atoms. The van der Waals surface area contributed by atoms with Crippen molar-refractivity contribution in [1.82, 2.24) is 9.66 Å². The molecule has 28 heavy (non-hydrogen) atoms. The quantitative estimate of drug-likeness (QED) is 0.571. The maximum Gasteiger partial charge on any atom is 0.305 e. The summed E-state index contributed by atoms with van der Waals surface area (Å²) in [5.74, 6) is -0.186. The molecule has 0 N–H and O–H groups in total. The van der Waals surface area contributed by atoms with E-state index in [1.54, 1.807) is 13.3 Å². The number of methoxy groups -OCH3 is 2. The van der Waals surface area contributed by atoms with Gasteiger partial charge in [0.15, 0.2) is 0 Å². The molecule has 0 saturated heterocycles. The average molecular weight is 448 g/mol. The fourth-order valence-corrected chi connectivity index (χ4v) is 4.37. The van der Waals surface area contributed by atoms with Gasteiger partial charge in [-0.05, 0) is 59.0 Å². The Labute approximate surface area is 174 Å². The number of carbonyl (C=O) groups is 1. The molecule has 150 valence electrons. The third kappa shape index (κ3) is 4.05. The summed E-state index contributed by atoms with van der Waals surface area (Å²) in [5.41, 5.74) is 4.06. The average Bonchev–Trinajstić information content (AvgIpc) is 3.11. The van der Waals surface area contributed by atoms with E-state index in [1.807, 2.05) is 6.20 Å². The van der Waals surface area contributed by atoms with Crippen LogP contribution in [0.3, 0.4) is 0 Å². The SMILES string of the molecule is CCc1ccc2n1N=C(COC)CC2(CCCC(=O)OC)c1cncc(Br)c1. The largest absolute Gasteiger partial charge is 0.469 e. The summed E-state index contributed by atoms with van der Waals surface area (Å²) in [6.45, 7) is 2.60. The minimum atomic E-state index is -0.326. The second-order valence-corrected chi connectivity index (χ2v) is 7.97. The van der Waals surface area contributed by atoms with Crippen molar-refractivity contribution in [3.63, 3.8) is 0 Å². The molecule has 3 rings (SSSR count). The van der Waals surface area contributed by atoms with Crippen LogP contribution in [0.25, 0.3) is 0 Å². The number of hydrogen-bond acceptors (Lipinski definition) is 5. The van der Waals surface area contributed by atoms with Crippen molar-refractivity contribution in [2.75, 3.05) is 20.8 Å². The van der Waals surface area contributed by atoms with Gasteiger partial charge in [0, 0.05) is 47.9 Å². The fraction of sp³-hybridized carbons (Fsp3) is 0.476. The number of hydrogen-bond donors (Lipinski definition) is 0. The van der Waals surface area contributed by atoms with Crippen LogP contribution >= 0.6 is 15.9 Å². The van der Waals surface area contributed by atoms with Crippen molar-refractivity contribution >= 4 is 27.6 Å². The molecule has 6 nitrogen and oxygen atoms in total. The molecule has 1 aliphatic rings. The van der Waals surface area contributed by atoms with Crippen molar-refractivity contribution in [1.29, 1.82) is 0 Å². The van der Waals surface area contributed by atoms with Crippen LogP contribution < -0.4 is 0 Å². The Morgan fingerprint density at radius 1 is 1.32 bits per heavy atom. The summed E-state index contributed by atoms with van der Waals surface area (Å²) >= 11 is 3.56. The lowest BCUT2D eigenvalue weighted by atomic mass is 9.70. The number of esters is 1. The van der Waals surface area contributed by atoms with Gasteiger partial charge in [0.25, 0.3) is 0 Å². The molecule has 0 aromatic carbocycles. The molecule has 7 heteroatoms. The highest BCUT2D eigenvalue weighted by atomic mass is 79.9. The lowest BCUT2D eigenvalue weighted by molar-refractivity contribution is -0.140. The number of pyridine rings is 1. The van der Waals surface area contributed by atoms with Crippen LogP contribution in [-0.4, -0.2) is 42.2 Å². The van der Waals surface area contributed by atoms with E-state index in [2.05, 4.69) is 50.7 Å². The van der Waals surface area contributed by atoms with Gasteiger partial charge in [0.05, 0.1) is 25.1 Å². The predicted molar refractivity (Wildman–Crippen MR) is 112 cm³/mol. The topological polar surface area (TPSA) is 65.7 Å². The van der Waals surface area contributed by atoms with Crippen molar-refractivity contribution in [3.8, 4) is 0 Å². The molecule has 0 fully saturated rings. The number of ether oxygens (including phenoxy) is 2. The van der Waals surface area contributed by atoms with Gasteiger partial charge in [-0.3, -0.25) is 9.78 Å². The fourth-order valence-electron chi connectivity index (χ4n) is 4.00. The van der Waals surface area contributed by atoms with E-state index < -0.39 is 0 Å². The second kappa shape index (κ2) is 9.01. The third-order valence-corrected chi connectivity index (χ3v) is 5.75. The number of nitrogens with zero attached hydrogens (tertiary/aromatic N) is 3. The molecule has 0 saturated carbocycles. The van der Waals surface area contributed by atoms with Gasteiger partial charge < -0.3 is 9.47 Å². The molecular formula is C21H26BrN3O3. The van der Waals surface area contributed by atoms with Gasteiger partial charge in [0.1, 0.15) is 0 Å². The predicted octanol–water partition coefficient (Wildman–Crippen LogP) is 4.09. The van der Waals surface area contributed by atoms with E-state index in [-0.39, 0.29) is 11.4 Å². The highest BCUT2D eigenvalue weighted by Crippen LogP contribution is 2.44. The van der Waals surface area contributed by atoms with E-state index in [0.29, 0.717) is 19.4 Å². The zero-order valence-corrected chi connectivity index (χ0v) is 18.2. The van der Waals surface area contributed by atoms with E-state index >= 15 is 0 Å². The molecule has 1 unspecified atom stereocenters. The first kappa shape index (κ1) is 20.7. The van der Waals surface area contributed by atoms with E-state index in [4.69, 9.17) is 14.6 Å². The first-order chi connectivity index (χ1) is 13.5. The van der Waals surface area contributed by atoms with Crippen molar-refractivity contribution in [2.24, 2.45) is 5.10 Å². The van der Waals surface area contributed by atoms with Crippen LogP contribution in [0.5, 0.6) is 0 Å². The van der Waals surface area contributed by atoms with Crippen LogP contribution in [-0.2, 0) is 26.1 Å². The van der Waals surface area contributed by atoms with Crippen LogP contribution in [0.4, 0.5) is 0 Å². The van der Waals surface area contributed by atoms with Gasteiger partial charge in [0.2, 0.25) is 0 Å². The number of fused-ring (bicyclic) bond motifs is 1. The lowest BCUT2D eigenvalue weighted by Gasteiger charge is -2.38. The molecule has 2 aromatic rings. The summed E-state index contributed by atoms with van der Waals surface area (Å²) in [5, 5.41) is 4.85. The standard InChI is InChI=1S/C21H26BrN3O3/c1-4-18-7-8-19-21(9-5-6-20(26)28-3,15-10-16(22)13-23-12-15)11-17(14-27-2)24-25(18)19/h7-8,10,12-13H,4-6,9,11,14H2,1-3H3. The smallest absolute Gasteiger partial charge is 0.305 e. The second-order valence-electron chi connectivity index (χ2n) is 7.05. The van der Waals surface area contributed by atoms with Gasteiger partial charge in [-0.15, -0.1) is 0 Å². The monoisotopic (exact) mass is 447 g/mol. The van der Waals surface area contributed by atoms with E-state index in [9.17, 15) is 4.79 Å². The molecule has 0 amide bonds. The van der Waals surface area contributed by atoms with Crippen LogP contribution in [0.2, 0.25) is 0 Å².